The number of aromatic hydroxyl groups is 1. The minimum Gasteiger partial charge on any atom is -0.508 e. The summed E-state index contributed by atoms with van der Waals surface area (Å²) in [4.78, 5) is 28.1. The summed E-state index contributed by atoms with van der Waals surface area (Å²) in [6.07, 6.45) is 0. The number of phenolic OH excluding ortho intramolecular Hbond substituents is 1. The maximum atomic E-state index is 13.5. The molecule has 0 saturated carbocycles. The Morgan fingerprint density at radius 3 is 1.77 bits per heavy atom. The van der Waals surface area contributed by atoms with Crippen LogP contribution in [0.15, 0.2) is 78.9 Å². The van der Waals surface area contributed by atoms with Crippen LogP contribution in [0.1, 0.15) is 23.2 Å². The molecule has 5 rings (SSSR count). The van der Waals surface area contributed by atoms with Crippen LogP contribution >= 0.6 is 0 Å². The van der Waals surface area contributed by atoms with E-state index < -0.39 is 23.9 Å². The third-order valence-corrected chi connectivity index (χ3v) is 5.97. The highest BCUT2D eigenvalue weighted by Crippen LogP contribution is 2.50. The molecule has 150 valence electrons. The highest BCUT2D eigenvalue weighted by atomic mass is 19.1. The van der Waals surface area contributed by atoms with Crippen LogP contribution in [0.5, 0.6) is 5.75 Å². The van der Waals surface area contributed by atoms with Crippen molar-refractivity contribution in [3.05, 3.63) is 95.8 Å². The van der Waals surface area contributed by atoms with Crippen LogP contribution in [0.3, 0.4) is 0 Å². The maximum absolute atomic E-state index is 13.5. The lowest BCUT2D eigenvalue weighted by Crippen LogP contribution is -2.36. The number of imide groups is 1. The second-order valence-corrected chi connectivity index (χ2v) is 7.66. The Morgan fingerprint density at radius 1 is 0.733 bits per heavy atom. The summed E-state index contributed by atoms with van der Waals surface area (Å²) in [5.41, 5.74) is 2.11. The maximum Gasteiger partial charge on any atom is 0.239 e. The fourth-order valence-corrected chi connectivity index (χ4v) is 4.61. The van der Waals surface area contributed by atoms with E-state index in [1.54, 1.807) is 60.7 Å². The first-order valence-corrected chi connectivity index (χ1v) is 9.78. The summed E-state index contributed by atoms with van der Waals surface area (Å²) < 4.78 is 13.5. The van der Waals surface area contributed by atoms with Gasteiger partial charge in [-0.05, 0) is 47.5 Å². The van der Waals surface area contributed by atoms with E-state index >= 15 is 0 Å². The first-order valence-electron chi connectivity index (χ1n) is 9.78. The van der Waals surface area contributed by atoms with Gasteiger partial charge in [0.15, 0.2) is 0 Å². The van der Waals surface area contributed by atoms with Gasteiger partial charge < -0.3 is 10.4 Å². The summed E-state index contributed by atoms with van der Waals surface area (Å²) in [6, 6.07) is 20.7. The first kappa shape index (κ1) is 18.5. The lowest BCUT2D eigenvalue weighted by molar-refractivity contribution is -0.123. The van der Waals surface area contributed by atoms with Gasteiger partial charge in [0, 0.05) is 12.1 Å². The highest BCUT2D eigenvalue weighted by Gasteiger charge is 2.59. The average molecular weight is 402 g/mol. The predicted molar refractivity (Wildman–Crippen MR) is 109 cm³/mol. The number of carbonyl (C=O) groups excluding carboxylic acids is 2. The van der Waals surface area contributed by atoms with Gasteiger partial charge in [0.25, 0.3) is 0 Å². The molecule has 2 heterocycles. The molecule has 2 fully saturated rings. The molecule has 6 heteroatoms. The van der Waals surface area contributed by atoms with Gasteiger partial charge in [0.1, 0.15) is 11.6 Å². The number of nitrogens with one attached hydrogen (secondary N) is 1. The van der Waals surface area contributed by atoms with Gasteiger partial charge in [0.2, 0.25) is 11.8 Å². The van der Waals surface area contributed by atoms with Crippen molar-refractivity contribution in [2.24, 2.45) is 11.8 Å². The standard InChI is InChI=1S/C24H19FN2O3/c25-16-10-6-14(7-11-16)21-19-20(22(26-21)15-8-12-18(28)13-9-15)24(30)27(23(19)29)17-4-2-1-3-5-17/h1-13,19-22,26,28H/t19?,20?,21-,22+/m0/s1. The zero-order valence-corrected chi connectivity index (χ0v) is 15.9. The van der Waals surface area contributed by atoms with Gasteiger partial charge >= 0.3 is 0 Å². The third-order valence-electron chi connectivity index (χ3n) is 5.97. The molecule has 5 nitrogen and oxygen atoms in total. The molecule has 3 aromatic rings. The van der Waals surface area contributed by atoms with Gasteiger partial charge in [-0.1, -0.05) is 42.5 Å². The molecule has 0 radical (unpaired) electrons. The van der Waals surface area contributed by atoms with Crippen molar-refractivity contribution in [1.82, 2.24) is 5.32 Å². The average Bonchev–Trinajstić information content (AvgIpc) is 3.27. The van der Waals surface area contributed by atoms with E-state index in [0.29, 0.717) is 5.69 Å². The number of fused-ring (bicyclic) bond motifs is 1. The molecule has 2 aliphatic rings. The van der Waals surface area contributed by atoms with Crippen LogP contribution in [0.4, 0.5) is 10.1 Å². The van der Waals surface area contributed by atoms with E-state index in [0.717, 1.165) is 11.1 Å². The quantitative estimate of drug-likeness (QED) is 0.655. The number of anilines is 1. The van der Waals surface area contributed by atoms with Crippen molar-refractivity contribution in [3.8, 4) is 5.75 Å². The molecule has 2 saturated heterocycles. The minimum absolute atomic E-state index is 0.128. The summed E-state index contributed by atoms with van der Waals surface area (Å²) in [5.74, 6) is -1.96. The number of rotatable bonds is 3. The highest BCUT2D eigenvalue weighted by molar-refractivity contribution is 6.22. The zero-order chi connectivity index (χ0) is 20.8. The van der Waals surface area contributed by atoms with Gasteiger partial charge in [-0.2, -0.15) is 0 Å². The normalized spacial score (nSPS) is 25.6. The van der Waals surface area contributed by atoms with Crippen molar-refractivity contribution in [3.63, 3.8) is 0 Å². The van der Waals surface area contributed by atoms with Crippen molar-refractivity contribution in [2.45, 2.75) is 12.1 Å². The monoisotopic (exact) mass is 402 g/mol. The molecule has 2 N–H and O–H groups in total. The summed E-state index contributed by atoms with van der Waals surface area (Å²) in [7, 11) is 0. The van der Waals surface area contributed by atoms with Crippen LogP contribution in [0.2, 0.25) is 0 Å². The SMILES string of the molecule is O=C1C2C(C(=O)N1c1ccccc1)[C@H](c1ccc(F)cc1)N[C@@H]2c1ccc(O)cc1. The Kier molecular flexibility index (Phi) is 4.37. The van der Waals surface area contributed by atoms with E-state index in [1.807, 2.05) is 6.07 Å². The summed E-state index contributed by atoms with van der Waals surface area (Å²) >= 11 is 0. The second-order valence-electron chi connectivity index (χ2n) is 7.66. The van der Waals surface area contributed by atoms with Gasteiger partial charge in [-0.25, -0.2) is 9.29 Å². The molecule has 2 unspecified atom stereocenters. The number of amides is 2. The molecule has 2 aliphatic heterocycles. The van der Waals surface area contributed by atoms with E-state index in [4.69, 9.17) is 0 Å². The Balaban J connectivity index is 1.60. The second kappa shape index (κ2) is 7.07. The molecule has 2 amide bonds. The number of hydrogen-bond acceptors (Lipinski definition) is 4. The molecule has 0 spiro atoms. The molecule has 0 aromatic heterocycles. The van der Waals surface area contributed by atoms with Crippen LogP contribution in [-0.4, -0.2) is 16.9 Å². The molecular weight excluding hydrogens is 383 g/mol. The van der Waals surface area contributed by atoms with Gasteiger partial charge in [0.05, 0.1) is 17.5 Å². The van der Waals surface area contributed by atoms with E-state index in [2.05, 4.69) is 5.32 Å². The van der Waals surface area contributed by atoms with Crippen molar-refractivity contribution in [2.75, 3.05) is 4.90 Å². The van der Waals surface area contributed by atoms with Crippen LogP contribution < -0.4 is 10.2 Å². The Morgan fingerprint density at radius 2 is 1.23 bits per heavy atom. The van der Waals surface area contributed by atoms with E-state index in [1.165, 1.54) is 17.0 Å². The van der Waals surface area contributed by atoms with Gasteiger partial charge in [-0.3, -0.25) is 9.59 Å². The van der Waals surface area contributed by atoms with E-state index in [9.17, 15) is 19.1 Å². The minimum atomic E-state index is -0.609. The third kappa shape index (κ3) is 2.88. The molecule has 30 heavy (non-hydrogen) atoms. The molecule has 3 aromatic carbocycles. The number of para-hydroxylation sites is 1. The number of nitrogens with zero attached hydrogens (tertiary/aromatic N) is 1. The smallest absolute Gasteiger partial charge is 0.239 e. The number of hydrogen-bond donors (Lipinski definition) is 2. The van der Waals surface area contributed by atoms with Crippen LogP contribution in [0, 0.1) is 17.7 Å². The fraction of sp³-hybridized carbons (Fsp3) is 0.167. The lowest BCUT2D eigenvalue weighted by Gasteiger charge is -2.23. The fourth-order valence-electron chi connectivity index (χ4n) is 4.61. The molecule has 4 atom stereocenters. The first-order chi connectivity index (χ1) is 14.5. The molecule has 0 bridgehead atoms. The number of phenols is 1. The number of benzene rings is 3. The Bertz CT molecular complexity index is 1030. The van der Waals surface area contributed by atoms with Crippen molar-refractivity contribution in [1.29, 1.82) is 0 Å². The van der Waals surface area contributed by atoms with Crippen LogP contribution in [-0.2, 0) is 9.59 Å². The van der Waals surface area contributed by atoms with Crippen LogP contribution in [0.25, 0.3) is 0 Å². The number of carbonyl (C=O) groups is 2. The Labute approximate surface area is 172 Å². The number of halogens is 1. The lowest BCUT2D eigenvalue weighted by atomic mass is 9.84. The summed E-state index contributed by atoms with van der Waals surface area (Å²) in [6.45, 7) is 0. The largest absolute Gasteiger partial charge is 0.508 e. The topological polar surface area (TPSA) is 69.6 Å². The van der Waals surface area contributed by atoms with Gasteiger partial charge in [-0.15, -0.1) is 0 Å². The summed E-state index contributed by atoms with van der Waals surface area (Å²) in [5, 5.41) is 13.1. The molecular formula is C24H19FN2O3. The Hall–Kier alpha value is -3.51. The van der Waals surface area contributed by atoms with Crippen molar-refractivity contribution < 1.29 is 19.1 Å². The predicted octanol–water partition coefficient (Wildman–Crippen LogP) is 3.72. The molecule has 0 aliphatic carbocycles. The van der Waals surface area contributed by atoms with E-state index in [-0.39, 0.29) is 23.4 Å². The zero-order valence-electron chi connectivity index (χ0n) is 15.9. The van der Waals surface area contributed by atoms with Crippen molar-refractivity contribution >= 4 is 17.5 Å².